The van der Waals surface area contributed by atoms with Gasteiger partial charge in [-0.25, -0.2) is 4.98 Å². The molecule has 4 nitrogen and oxygen atoms in total. The predicted octanol–water partition coefficient (Wildman–Crippen LogP) is 2.34. The number of benzene rings is 1. The molecule has 2 aromatic rings. The van der Waals surface area contributed by atoms with Gasteiger partial charge in [-0.05, 0) is 36.6 Å². The number of hydrogen-bond acceptors (Lipinski definition) is 3. The van der Waals surface area contributed by atoms with Crippen LogP contribution in [0.2, 0.25) is 0 Å². The van der Waals surface area contributed by atoms with Gasteiger partial charge in [-0.2, -0.15) is 0 Å². The minimum atomic E-state index is 0.884. The molecule has 1 aromatic heterocycles. The number of aryl methyl sites for hydroxylation is 1. The first-order valence-corrected chi connectivity index (χ1v) is 7.29. The third-order valence-electron chi connectivity index (χ3n) is 3.78. The number of rotatable bonds is 5. The van der Waals surface area contributed by atoms with Crippen LogP contribution in [0.3, 0.4) is 0 Å². The Balaban J connectivity index is 1.53. The van der Waals surface area contributed by atoms with Crippen molar-refractivity contribution in [2.75, 3.05) is 32.8 Å². The number of hydrogen-bond donors (Lipinski definition) is 1. The van der Waals surface area contributed by atoms with Gasteiger partial charge in [0.1, 0.15) is 0 Å². The van der Waals surface area contributed by atoms with E-state index in [-0.39, 0.29) is 0 Å². The largest absolute Gasteiger partial charge is 0.379 e. The minimum absolute atomic E-state index is 0.884. The fourth-order valence-electron chi connectivity index (χ4n) is 2.64. The normalized spacial score (nSPS) is 16.4. The van der Waals surface area contributed by atoms with Crippen molar-refractivity contribution in [3.05, 3.63) is 42.4 Å². The second-order valence-electron chi connectivity index (χ2n) is 5.22. The number of aromatic amines is 1. The van der Waals surface area contributed by atoms with Crippen LogP contribution >= 0.6 is 0 Å². The first-order chi connectivity index (χ1) is 9.92. The first kappa shape index (κ1) is 13.3. The zero-order valence-electron chi connectivity index (χ0n) is 11.7. The molecule has 1 saturated heterocycles. The van der Waals surface area contributed by atoms with Crippen molar-refractivity contribution in [2.45, 2.75) is 12.8 Å². The zero-order chi connectivity index (χ0) is 13.6. The maximum absolute atomic E-state index is 5.37. The average Bonchev–Trinajstić information content (AvgIpc) is 3.03. The molecule has 1 N–H and O–H groups in total. The Morgan fingerprint density at radius 3 is 2.95 bits per heavy atom. The van der Waals surface area contributed by atoms with Crippen LogP contribution in [-0.2, 0) is 11.2 Å². The van der Waals surface area contributed by atoms with Crippen LogP contribution < -0.4 is 0 Å². The highest BCUT2D eigenvalue weighted by molar-refractivity contribution is 5.58. The molecule has 3 rings (SSSR count). The summed E-state index contributed by atoms with van der Waals surface area (Å²) >= 11 is 0. The summed E-state index contributed by atoms with van der Waals surface area (Å²) in [5.41, 5.74) is 3.69. The van der Waals surface area contributed by atoms with Crippen molar-refractivity contribution in [1.82, 2.24) is 14.9 Å². The molecule has 20 heavy (non-hydrogen) atoms. The molecule has 1 aliphatic heterocycles. The Morgan fingerprint density at radius 2 is 2.15 bits per heavy atom. The Labute approximate surface area is 119 Å². The average molecular weight is 271 g/mol. The van der Waals surface area contributed by atoms with E-state index in [0.717, 1.165) is 45.0 Å². The highest BCUT2D eigenvalue weighted by atomic mass is 16.5. The molecule has 106 valence electrons. The van der Waals surface area contributed by atoms with E-state index in [2.05, 4.69) is 39.1 Å². The maximum Gasteiger partial charge on any atom is 0.0924 e. The van der Waals surface area contributed by atoms with Gasteiger partial charge in [0.05, 0.1) is 31.4 Å². The van der Waals surface area contributed by atoms with Crippen molar-refractivity contribution in [3.8, 4) is 11.3 Å². The predicted molar refractivity (Wildman–Crippen MR) is 79.6 cm³/mol. The summed E-state index contributed by atoms with van der Waals surface area (Å²) in [5.74, 6) is 0. The quantitative estimate of drug-likeness (QED) is 0.907. The molecule has 0 saturated carbocycles. The lowest BCUT2D eigenvalue weighted by atomic mass is 10.0. The van der Waals surface area contributed by atoms with Gasteiger partial charge in [0, 0.05) is 13.1 Å². The van der Waals surface area contributed by atoms with E-state index in [4.69, 9.17) is 4.74 Å². The molecular formula is C16H21N3O. The number of morpholine rings is 1. The Bertz CT molecular complexity index is 518. The summed E-state index contributed by atoms with van der Waals surface area (Å²) in [6.45, 7) is 5.09. The van der Waals surface area contributed by atoms with E-state index in [0.29, 0.717) is 0 Å². The highest BCUT2D eigenvalue weighted by Crippen LogP contribution is 2.18. The summed E-state index contributed by atoms with van der Waals surface area (Å²) in [5, 5.41) is 0. The SMILES string of the molecule is c1cc(CCCN2CCOCC2)cc(-c2cnc[nH]2)c1. The molecule has 4 heteroatoms. The second kappa shape index (κ2) is 6.68. The van der Waals surface area contributed by atoms with Crippen molar-refractivity contribution in [1.29, 1.82) is 0 Å². The van der Waals surface area contributed by atoms with Gasteiger partial charge < -0.3 is 9.72 Å². The summed E-state index contributed by atoms with van der Waals surface area (Å²) in [6, 6.07) is 8.71. The lowest BCUT2D eigenvalue weighted by Crippen LogP contribution is -2.36. The van der Waals surface area contributed by atoms with Crippen LogP contribution in [0.1, 0.15) is 12.0 Å². The first-order valence-electron chi connectivity index (χ1n) is 7.29. The molecule has 0 radical (unpaired) electrons. The van der Waals surface area contributed by atoms with E-state index in [9.17, 15) is 0 Å². The third kappa shape index (κ3) is 3.46. The van der Waals surface area contributed by atoms with Gasteiger partial charge in [-0.3, -0.25) is 4.90 Å². The zero-order valence-corrected chi connectivity index (χ0v) is 11.7. The molecule has 1 fully saturated rings. The Hall–Kier alpha value is -1.65. The third-order valence-corrected chi connectivity index (χ3v) is 3.78. The number of ether oxygens (including phenoxy) is 1. The van der Waals surface area contributed by atoms with Crippen molar-refractivity contribution < 1.29 is 4.74 Å². The standard InChI is InChI=1S/C16H21N3O/c1-3-14(4-2-6-19-7-9-20-10-8-19)11-15(5-1)16-12-17-13-18-16/h1,3,5,11-13H,2,4,6-10H2,(H,17,18). The number of aromatic nitrogens is 2. The van der Waals surface area contributed by atoms with Crippen LogP contribution in [0, 0.1) is 0 Å². The van der Waals surface area contributed by atoms with Crippen LogP contribution in [0.5, 0.6) is 0 Å². The molecule has 1 aromatic carbocycles. The second-order valence-corrected chi connectivity index (χ2v) is 5.22. The molecule has 0 aliphatic carbocycles. The summed E-state index contributed by atoms with van der Waals surface area (Å²) in [4.78, 5) is 9.72. The van der Waals surface area contributed by atoms with Gasteiger partial charge in [0.15, 0.2) is 0 Å². The summed E-state index contributed by atoms with van der Waals surface area (Å²) in [6.07, 6.45) is 5.92. The van der Waals surface area contributed by atoms with Crippen molar-refractivity contribution in [3.63, 3.8) is 0 Å². The van der Waals surface area contributed by atoms with Crippen LogP contribution in [0.4, 0.5) is 0 Å². The highest BCUT2D eigenvalue weighted by Gasteiger charge is 2.09. The van der Waals surface area contributed by atoms with Gasteiger partial charge in [-0.1, -0.05) is 18.2 Å². The van der Waals surface area contributed by atoms with Gasteiger partial charge in [0.2, 0.25) is 0 Å². The van der Waals surface area contributed by atoms with Crippen LogP contribution in [-0.4, -0.2) is 47.7 Å². The molecule has 0 amide bonds. The van der Waals surface area contributed by atoms with Gasteiger partial charge >= 0.3 is 0 Å². The molecule has 0 unspecified atom stereocenters. The van der Waals surface area contributed by atoms with Crippen LogP contribution in [0.25, 0.3) is 11.3 Å². The topological polar surface area (TPSA) is 41.1 Å². The van der Waals surface area contributed by atoms with Crippen molar-refractivity contribution >= 4 is 0 Å². The van der Waals surface area contributed by atoms with Crippen LogP contribution in [0.15, 0.2) is 36.8 Å². The smallest absolute Gasteiger partial charge is 0.0924 e. The molecule has 2 heterocycles. The summed E-state index contributed by atoms with van der Waals surface area (Å²) in [7, 11) is 0. The molecule has 0 spiro atoms. The molecule has 0 bridgehead atoms. The maximum atomic E-state index is 5.37. The molecule has 0 atom stereocenters. The van der Waals surface area contributed by atoms with Gasteiger partial charge in [0.25, 0.3) is 0 Å². The lowest BCUT2D eigenvalue weighted by Gasteiger charge is -2.26. The fourth-order valence-corrected chi connectivity index (χ4v) is 2.64. The monoisotopic (exact) mass is 271 g/mol. The Morgan fingerprint density at radius 1 is 1.25 bits per heavy atom. The van der Waals surface area contributed by atoms with Crippen molar-refractivity contribution in [2.24, 2.45) is 0 Å². The van der Waals surface area contributed by atoms with E-state index in [1.54, 1.807) is 6.33 Å². The fraction of sp³-hybridized carbons (Fsp3) is 0.438. The van der Waals surface area contributed by atoms with Gasteiger partial charge in [-0.15, -0.1) is 0 Å². The van der Waals surface area contributed by atoms with E-state index in [1.165, 1.54) is 17.5 Å². The number of nitrogens with one attached hydrogen (secondary N) is 1. The number of nitrogens with zero attached hydrogens (tertiary/aromatic N) is 2. The molecular weight excluding hydrogens is 250 g/mol. The lowest BCUT2D eigenvalue weighted by molar-refractivity contribution is 0.0375. The van der Waals surface area contributed by atoms with E-state index >= 15 is 0 Å². The number of H-pyrrole nitrogens is 1. The molecule has 1 aliphatic rings. The summed E-state index contributed by atoms with van der Waals surface area (Å²) < 4.78 is 5.37. The van der Waals surface area contributed by atoms with E-state index in [1.807, 2.05) is 6.20 Å². The minimum Gasteiger partial charge on any atom is -0.379 e. The Kier molecular flexibility index (Phi) is 4.46. The number of imidazole rings is 1. The van der Waals surface area contributed by atoms with E-state index < -0.39 is 0 Å².